The molecule has 2 amide bonds. The van der Waals surface area contributed by atoms with Crippen LogP contribution >= 0.6 is 0 Å². The van der Waals surface area contributed by atoms with Crippen LogP contribution in [0, 0.1) is 11.8 Å². The van der Waals surface area contributed by atoms with Gasteiger partial charge in [-0.05, 0) is 24.7 Å². The maximum Gasteiger partial charge on any atom is 0.314 e. The van der Waals surface area contributed by atoms with Gasteiger partial charge >= 0.3 is 12.0 Å². The van der Waals surface area contributed by atoms with Crippen LogP contribution in [0.5, 0.6) is 0 Å². The number of carboxylic acids is 1. The minimum atomic E-state index is -0.828. The van der Waals surface area contributed by atoms with Crippen molar-refractivity contribution >= 4 is 12.0 Å². The van der Waals surface area contributed by atoms with Crippen LogP contribution < -0.4 is 10.6 Å². The largest absolute Gasteiger partial charge is 0.481 e. The number of hydrogen-bond donors (Lipinski definition) is 3. The summed E-state index contributed by atoms with van der Waals surface area (Å²) in [5, 5.41) is 13.8. The number of carboxylic acid groups (broad SMARTS) is 1. The van der Waals surface area contributed by atoms with Crippen molar-refractivity contribution in [1.82, 2.24) is 10.6 Å². The molecule has 1 saturated carbocycles. The summed E-state index contributed by atoms with van der Waals surface area (Å²) in [7, 11) is 0. The highest BCUT2D eigenvalue weighted by Gasteiger charge is 2.34. The van der Waals surface area contributed by atoms with Crippen molar-refractivity contribution < 1.29 is 14.7 Å². The standard InChI is InChI=1S/C11H20N2O3/c1-2-8-6-9(8)7-13-11(16)12-5-3-4-10(14)15/h8-9H,2-7H2,1H3,(H,14,15)(H2,12,13,16)/t8-,9+/m1/s1. The second-order valence-corrected chi connectivity index (χ2v) is 4.30. The lowest BCUT2D eigenvalue weighted by molar-refractivity contribution is -0.137. The minimum absolute atomic E-state index is 0.0980. The van der Waals surface area contributed by atoms with Crippen molar-refractivity contribution in [2.45, 2.75) is 32.6 Å². The summed E-state index contributed by atoms with van der Waals surface area (Å²) in [5.74, 6) is 0.605. The first-order valence-electron chi connectivity index (χ1n) is 5.87. The number of carbonyl (C=O) groups is 2. The lowest BCUT2D eigenvalue weighted by atomic mass is 10.2. The van der Waals surface area contributed by atoms with E-state index in [1.54, 1.807) is 0 Å². The monoisotopic (exact) mass is 228 g/mol. The van der Waals surface area contributed by atoms with Crippen LogP contribution in [0.2, 0.25) is 0 Å². The molecule has 0 aromatic rings. The lowest BCUT2D eigenvalue weighted by Crippen LogP contribution is -2.37. The number of amides is 2. The number of rotatable bonds is 7. The lowest BCUT2D eigenvalue weighted by Gasteiger charge is -2.06. The Kier molecular flexibility index (Phi) is 5.08. The molecule has 0 spiro atoms. The molecule has 0 unspecified atom stereocenters. The fourth-order valence-corrected chi connectivity index (χ4v) is 1.79. The molecule has 3 N–H and O–H groups in total. The third-order valence-electron chi connectivity index (χ3n) is 2.97. The quantitative estimate of drug-likeness (QED) is 0.573. The van der Waals surface area contributed by atoms with E-state index in [-0.39, 0.29) is 12.5 Å². The fourth-order valence-electron chi connectivity index (χ4n) is 1.79. The topological polar surface area (TPSA) is 78.4 Å². The zero-order chi connectivity index (χ0) is 12.0. The molecule has 0 bridgehead atoms. The molecule has 1 fully saturated rings. The van der Waals surface area contributed by atoms with Gasteiger partial charge in [-0.3, -0.25) is 4.79 Å². The summed E-state index contributed by atoms with van der Waals surface area (Å²) in [6.07, 6.45) is 2.98. The number of hydrogen-bond acceptors (Lipinski definition) is 2. The molecule has 5 nitrogen and oxygen atoms in total. The average Bonchev–Trinajstić information content (AvgIpc) is 3.00. The van der Waals surface area contributed by atoms with E-state index < -0.39 is 5.97 Å². The number of aliphatic carboxylic acids is 1. The molecule has 0 heterocycles. The van der Waals surface area contributed by atoms with Crippen LogP contribution in [0.15, 0.2) is 0 Å². The smallest absolute Gasteiger partial charge is 0.314 e. The second kappa shape index (κ2) is 6.35. The van der Waals surface area contributed by atoms with Crippen molar-refractivity contribution in [1.29, 1.82) is 0 Å². The third-order valence-corrected chi connectivity index (χ3v) is 2.97. The van der Waals surface area contributed by atoms with Gasteiger partial charge in [0.05, 0.1) is 0 Å². The van der Waals surface area contributed by atoms with Crippen LogP contribution in [0.25, 0.3) is 0 Å². The van der Waals surface area contributed by atoms with Crippen LogP contribution in [-0.4, -0.2) is 30.2 Å². The first kappa shape index (κ1) is 12.8. The van der Waals surface area contributed by atoms with Gasteiger partial charge < -0.3 is 15.7 Å². The van der Waals surface area contributed by atoms with Crippen LogP contribution in [0.1, 0.15) is 32.6 Å². The van der Waals surface area contributed by atoms with Crippen molar-refractivity contribution in [3.05, 3.63) is 0 Å². The summed E-state index contributed by atoms with van der Waals surface area (Å²) in [6.45, 7) is 3.32. The highest BCUT2D eigenvalue weighted by atomic mass is 16.4. The van der Waals surface area contributed by atoms with Crippen molar-refractivity contribution in [2.24, 2.45) is 11.8 Å². The van der Waals surface area contributed by atoms with Gasteiger partial charge in [0.1, 0.15) is 0 Å². The Balaban J connectivity index is 1.93. The highest BCUT2D eigenvalue weighted by Crippen LogP contribution is 2.40. The van der Waals surface area contributed by atoms with Gasteiger partial charge in [0, 0.05) is 19.5 Å². The summed E-state index contributed by atoms with van der Waals surface area (Å²) in [6, 6.07) is -0.188. The second-order valence-electron chi connectivity index (χ2n) is 4.30. The molecular formula is C11H20N2O3. The zero-order valence-corrected chi connectivity index (χ0v) is 9.66. The molecule has 0 aromatic heterocycles. The van der Waals surface area contributed by atoms with Crippen LogP contribution in [0.4, 0.5) is 4.79 Å². The first-order valence-corrected chi connectivity index (χ1v) is 5.87. The SMILES string of the molecule is CC[C@@H]1C[C@H]1CNC(=O)NCCCC(=O)O. The summed E-state index contributed by atoms with van der Waals surface area (Å²) >= 11 is 0. The third kappa shape index (κ3) is 5.00. The Bertz CT molecular complexity index is 256. The molecule has 1 aliphatic carbocycles. The Morgan fingerprint density at radius 3 is 2.62 bits per heavy atom. The van der Waals surface area contributed by atoms with Gasteiger partial charge in [-0.1, -0.05) is 13.3 Å². The predicted molar refractivity (Wildman–Crippen MR) is 60.2 cm³/mol. The molecule has 0 aliphatic heterocycles. The number of carbonyl (C=O) groups excluding carboxylic acids is 1. The molecular weight excluding hydrogens is 208 g/mol. The molecule has 0 saturated heterocycles. The van der Waals surface area contributed by atoms with Gasteiger partial charge in [-0.15, -0.1) is 0 Å². The predicted octanol–water partition coefficient (Wildman–Crippen LogP) is 1.20. The van der Waals surface area contributed by atoms with Gasteiger partial charge in [-0.25, -0.2) is 4.79 Å². The Labute approximate surface area is 95.6 Å². The molecule has 1 rings (SSSR count). The van der Waals surface area contributed by atoms with Crippen molar-refractivity contribution in [2.75, 3.05) is 13.1 Å². The highest BCUT2D eigenvalue weighted by molar-refractivity contribution is 5.73. The van der Waals surface area contributed by atoms with Gasteiger partial charge in [-0.2, -0.15) is 0 Å². The summed E-state index contributed by atoms with van der Waals surface area (Å²) in [5.41, 5.74) is 0. The average molecular weight is 228 g/mol. The van der Waals surface area contributed by atoms with Gasteiger partial charge in [0.15, 0.2) is 0 Å². The van der Waals surface area contributed by atoms with E-state index >= 15 is 0 Å². The molecule has 16 heavy (non-hydrogen) atoms. The van der Waals surface area contributed by atoms with Gasteiger partial charge in [0.2, 0.25) is 0 Å². The molecule has 0 aromatic carbocycles. The van der Waals surface area contributed by atoms with Crippen LogP contribution in [0.3, 0.4) is 0 Å². The Morgan fingerprint density at radius 2 is 2.06 bits per heavy atom. The van der Waals surface area contributed by atoms with E-state index in [1.165, 1.54) is 12.8 Å². The maximum absolute atomic E-state index is 11.2. The Morgan fingerprint density at radius 1 is 1.31 bits per heavy atom. The van der Waals surface area contributed by atoms with E-state index in [0.717, 1.165) is 12.5 Å². The van der Waals surface area contributed by atoms with E-state index in [1.807, 2.05) is 0 Å². The molecule has 0 radical (unpaired) electrons. The van der Waals surface area contributed by atoms with Crippen molar-refractivity contribution in [3.8, 4) is 0 Å². The molecule has 1 aliphatic rings. The van der Waals surface area contributed by atoms with Gasteiger partial charge in [0.25, 0.3) is 0 Å². The number of nitrogens with one attached hydrogen (secondary N) is 2. The van der Waals surface area contributed by atoms with E-state index in [9.17, 15) is 9.59 Å². The fraction of sp³-hybridized carbons (Fsp3) is 0.818. The van der Waals surface area contributed by atoms with Crippen molar-refractivity contribution in [3.63, 3.8) is 0 Å². The van der Waals surface area contributed by atoms with E-state index in [2.05, 4.69) is 17.6 Å². The molecule has 2 atom stereocenters. The molecule has 5 heteroatoms. The normalized spacial score (nSPS) is 22.6. The van der Waals surface area contributed by atoms with Crippen LogP contribution in [-0.2, 0) is 4.79 Å². The summed E-state index contributed by atoms with van der Waals surface area (Å²) < 4.78 is 0. The van der Waals surface area contributed by atoms with E-state index in [0.29, 0.717) is 18.9 Å². The molecule has 92 valence electrons. The minimum Gasteiger partial charge on any atom is -0.481 e. The zero-order valence-electron chi connectivity index (χ0n) is 9.66. The summed E-state index contributed by atoms with van der Waals surface area (Å²) in [4.78, 5) is 21.5. The Hall–Kier alpha value is -1.26. The number of urea groups is 1. The first-order chi connectivity index (χ1) is 7.63. The van der Waals surface area contributed by atoms with E-state index in [4.69, 9.17) is 5.11 Å². The maximum atomic E-state index is 11.2.